The fraction of sp³-hybridized carbons (Fsp3) is 0.321. The molecule has 0 radical (unpaired) electrons. The van der Waals surface area contributed by atoms with Crippen LogP contribution < -0.4 is 45.7 Å². The average Bonchev–Trinajstić information content (AvgIpc) is 4.36. The number of ether oxygens (including phenoxy) is 4. The van der Waals surface area contributed by atoms with Gasteiger partial charge in [0.15, 0.2) is 39.4 Å². The summed E-state index contributed by atoms with van der Waals surface area (Å²) in [7, 11) is -1.46. The molecule has 0 saturated heterocycles. The molecule has 2 fully saturated rings. The van der Waals surface area contributed by atoms with Crippen LogP contribution in [-0.2, 0) is 0 Å². The van der Waals surface area contributed by atoms with Crippen molar-refractivity contribution in [3.63, 3.8) is 0 Å². The van der Waals surface area contributed by atoms with Gasteiger partial charge in [-0.1, -0.05) is 69.6 Å². The largest absolute Gasteiger partial charge is 0.488 e. The number of nitrogens with one attached hydrogen (secondary N) is 4. The van der Waals surface area contributed by atoms with Gasteiger partial charge in [0, 0.05) is 59.1 Å². The molecule has 0 unspecified atom stereocenters. The minimum absolute atomic E-state index is 0.0245. The van der Waals surface area contributed by atoms with Crippen LogP contribution in [0.1, 0.15) is 74.1 Å². The Morgan fingerprint density at radius 3 is 1.53 bits per heavy atom. The Hall–Kier alpha value is -7.87. The smallest absolute Gasteiger partial charge is 0.486 e. The van der Waals surface area contributed by atoms with Crippen LogP contribution in [0.2, 0.25) is 5.15 Å². The highest BCUT2D eigenvalue weighted by Crippen LogP contribution is 2.36. The average molecular weight is 1050 g/mol. The molecule has 12 rings (SSSR count). The third kappa shape index (κ3) is 12.4. The summed E-state index contributed by atoms with van der Waals surface area (Å²) in [6.45, 7) is 12.4. The van der Waals surface area contributed by atoms with E-state index in [0.29, 0.717) is 83.6 Å². The van der Waals surface area contributed by atoms with E-state index >= 15 is 0 Å². The maximum Gasteiger partial charge on any atom is 0.488 e. The monoisotopic (exact) mass is 1050 g/mol. The van der Waals surface area contributed by atoms with Crippen LogP contribution in [0.15, 0.2) is 109 Å². The number of rotatable bonds is 14. The van der Waals surface area contributed by atoms with Gasteiger partial charge in [-0.25, -0.2) is 19.0 Å². The first-order chi connectivity index (χ1) is 36.8. The second-order valence-electron chi connectivity index (χ2n) is 19.9. The highest BCUT2D eigenvalue weighted by atomic mass is 35.5. The molecule has 4 aromatic heterocycles. The third-order valence-electron chi connectivity index (χ3n) is 12.7. The van der Waals surface area contributed by atoms with Crippen molar-refractivity contribution in [3.8, 4) is 56.8 Å². The normalized spacial score (nSPS) is 14.3. The number of aromatic nitrogens is 6. The number of amides is 2. The van der Waals surface area contributed by atoms with Gasteiger partial charge in [0.2, 0.25) is 0 Å². The van der Waals surface area contributed by atoms with E-state index in [0.717, 1.165) is 107 Å². The van der Waals surface area contributed by atoms with Crippen LogP contribution in [0, 0.1) is 11.8 Å². The van der Waals surface area contributed by atoms with Crippen molar-refractivity contribution in [2.45, 2.75) is 65.5 Å². The molecular weight excluding hydrogens is 987 g/mol. The highest BCUT2D eigenvalue weighted by molar-refractivity contribution is 6.58. The summed E-state index contributed by atoms with van der Waals surface area (Å²) in [5, 5.41) is 40.5. The minimum Gasteiger partial charge on any atom is -0.486 e. The summed E-state index contributed by atoms with van der Waals surface area (Å²) in [5.41, 5.74) is 10.2. The zero-order valence-corrected chi connectivity index (χ0v) is 43.5. The maximum absolute atomic E-state index is 12.4. The first kappa shape index (κ1) is 51.6. The maximum atomic E-state index is 12.4. The minimum atomic E-state index is -1.46. The zero-order chi connectivity index (χ0) is 52.9. The standard InChI is InChI=1S/C28H29N5O3.C20H22ClN5O.C8H9BO4/c1-17(2)15-29-23-14-22(20-7-10-25-26(13-20)36-12-11-35-25)32-33-24(16-30-27(23)33)18-3-5-19(6-4-18)28(34)31-21-8-9-21;1-12(2)10-22-16-9-18(21)25-26-17(11-23-19(16)26)13-3-5-14(6-4-13)20(27)24-15-7-8-15;10-9(11)6-1-2-7-8(5-6)13-4-3-12-7/h3-7,10,13-14,16-17,21,29H,8-9,11-12,15H2,1-2H3,(H,31,34);3-6,9,11-12,15,22H,7-8,10H2,1-2H3,(H,24,27);1-2,5,10-11H,3-4H2. The Morgan fingerprint density at radius 2 is 1.04 bits per heavy atom. The molecule has 6 heterocycles. The molecule has 2 aliphatic heterocycles. The van der Waals surface area contributed by atoms with Crippen molar-refractivity contribution in [2.24, 2.45) is 11.8 Å². The zero-order valence-electron chi connectivity index (χ0n) is 42.8. The fourth-order valence-corrected chi connectivity index (χ4v) is 8.52. The van der Waals surface area contributed by atoms with E-state index in [2.05, 4.69) is 59.0 Å². The molecular formula is C56H60BClN10O8. The molecule has 4 aliphatic rings. The molecule has 0 bridgehead atoms. The molecule has 0 spiro atoms. The Kier molecular flexibility index (Phi) is 15.6. The summed E-state index contributed by atoms with van der Waals surface area (Å²) >= 11 is 6.22. The number of fused-ring (bicyclic) bond motifs is 4. The Balaban J connectivity index is 0.000000144. The van der Waals surface area contributed by atoms with Gasteiger partial charge in [-0.05, 0) is 104 Å². The van der Waals surface area contributed by atoms with Crippen molar-refractivity contribution >= 4 is 58.7 Å². The lowest BCUT2D eigenvalue weighted by Crippen LogP contribution is -2.30. The molecule has 18 nitrogen and oxygen atoms in total. The van der Waals surface area contributed by atoms with Crippen molar-refractivity contribution < 1.29 is 38.6 Å². The Labute approximate surface area is 445 Å². The van der Waals surface area contributed by atoms with Crippen LogP contribution >= 0.6 is 11.6 Å². The van der Waals surface area contributed by atoms with Crippen LogP contribution in [-0.4, -0.2) is 110 Å². The summed E-state index contributed by atoms with van der Waals surface area (Å²) in [6, 6.07) is 30.3. The molecule has 6 N–H and O–H groups in total. The van der Waals surface area contributed by atoms with Gasteiger partial charge in [0.25, 0.3) is 11.8 Å². The number of anilines is 2. The number of hydrogen-bond donors (Lipinski definition) is 6. The molecule has 8 aromatic rings. The number of carbonyl (C=O) groups is 2. The Bertz CT molecular complexity index is 3360. The van der Waals surface area contributed by atoms with E-state index in [-0.39, 0.29) is 11.8 Å². The third-order valence-corrected chi connectivity index (χ3v) is 12.9. The topological polar surface area (TPSA) is 220 Å². The number of halogens is 1. The summed E-state index contributed by atoms with van der Waals surface area (Å²) in [5.74, 6) is 3.61. The summed E-state index contributed by atoms with van der Waals surface area (Å²) in [6.07, 6.45) is 7.89. The van der Waals surface area contributed by atoms with Gasteiger partial charge in [0.05, 0.1) is 40.9 Å². The van der Waals surface area contributed by atoms with Gasteiger partial charge < -0.3 is 50.3 Å². The molecule has 20 heteroatoms. The molecule has 2 aliphatic carbocycles. The number of nitrogens with zero attached hydrogens (tertiary/aromatic N) is 6. The van der Waals surface area contributed by atoms with Crippen LogP contribution in [0.4, 0.5) is 11.4 Å². The van der Waals surface area contributed by atoms with Crippen LogP contribution in [0.25, 0.3) is 45.1 Å². The van der Waals surface area contributed by atoms with E-state index in [4.69, 9.17) is 50.7 Å². The molecule has 2 amide bonds. The number of carbonyl (C=O) groups excluding carboxylic acids is 2. The van der Waals surface area contributed by atoms with E-state index in [1.807, 2.05) is 83.5 Å². The van der Waals surface area contributed by atoms with Gasteiger partial charge >= 0.3 is 7.12 Å². The lowest BCUT2D eigenvalue weighted by molar-refractivity contribution is 0.0942. The predicted octanol–water partition coefficient (Wildman–Crippen LogP) is 7.94. The van der Waals surface area contributed by atoms with E-state index in [1.165, 1.54) is 0 Å². The fourth-order valence-electron chi connectivity index (χ4n) is 8.33. The SMILES string of the molecule is CC(C)CNc1cc(-c2ccc3c(c2)OCCO3)nn2c(-c3ccc(C(=O)NC4CC4)cc3)cnc12.CC(C)CNc1cc(Cl)nn2c(-c3ccc(C(=O)NC4CC4)cc3)cnc12.OB(O)c1ccc2c(c1)OCCO2. The molecule has 2 saturated carbocycles. The first-order valence-electron chi connectivity index (χ1n) is 25.7. The van der Waals surface area contributed by atoms with Crippen molar-refractivity contribution in [2.75, 3.05) is 50.2 Å². The molecule has 392 valence electrons. The van der Waals surface area contributed by atoms with E-state index < -0.39 is 7.12 Å². The molecule has 76 heavy (non-hydrogen) atoms. The van der Waals surface area contributed by atoms with Crippen molar-refractivity contribution in [3.05, 3.63) is 126 Å². The lowest BCUT2D eigenvalue weighted by Gasteiger charge is -2.19. The summed E-state index contributed by atoms with van der Waals surface area (Å²) < 4.78 is 25.6. The number of hydrogen-bond acceptors (Lipinski definition) is 14. The Morgan fingerprint density at radius 1 is 0.592 bits per heavy atom. The lowest BCUT2D eigenvalue weighted by atomic mass is 9.80. The van der Waals surface area contributed by atoms with Crippen LogP contribution in [0.5, 0.6) is 23.0 Å². The number of imidazole rings is 2. The first-order valence-corrected chi connectivity index (χ1v) is 26.1. The molecule has 4 aromatic carbocycles. The van der Waals surface area contributed by atoms with Gasteiger partial charge in [0.1, 0.15) is 26.4 Å². The van der Waals surface area contributed by atoms with Gasteiger partial charge in [-0.2, -0.15) is 10.2 Å². The summed E-state index contributed by atoms with van der Waals surface area (Å²) in [4.78, 5) is 33.8. The second-order valence-corrected chi connectivity index (χ2v) is 20.3. The van der Waals surface area contributed by atoms with E-state index in [9.17, 15) is 9.59 Å². The highest BCUT2D eigenvalue weighted by Gasteiger charge is 2.26. The van der Waals surface area contributed by atoms with Crippen LogP contribution in [0.3, 0.4) is 0 Å². The van der Waals surface area contributed by atoms with Gasteiger partial charge in [-0.3, -0.25) is 9.59 Å². The number of benzene rings is 4. The van der Waals surface area contributed by atoms with E-state index in [1.54, 1.807) is 35.0 Å². The predicted molar refractivity (Wildman–Crippen MR) is 293 cm³/mol. The van der Waals surface area contributed by atoms with Gasteiger partial charge in [-0.15, -0.1) is 0 Å². The second kappa shape index (κ2) is 22.9. The molecule has 0 atom stereocenters. The van der Waals surface area contributed by atoms with Crippen molar-refractivity contribution in [1.29, 1.82) is 0 Å². The van der Waals surface area contributed by atoms with Crippen molar-refractivity contribution in [1.82, 2.24) is 39.8 Å². The quantitative estimate of drug-likeness (QED) is 0.0570.